The number of aromatic nitrogens is 2. The molecule has 1 aromatic heterocycles. The fraction of sp³-hybridized carbons (Fsp3) is 0.667. The maximum Gasteiger partial charge on any atom is 0.238 e. The van der Waals surface area contributed by atoms with Gasteiger partial charge in [-0.05, 0) is 39.8 Å². The predicted octanol–water partition coefficient (Wildman–Crippen LogP) is 1.78. The van der Waals surface area contributed by atoms with Crippen molar-refractivity contribution in [1.82, 2.24) is 10.1 Å². The van der Waals surface area contributed by atoms with E-state index in [9.17, 15) is 0 Å². The second kappa shape index (κ2) is 2.34. The molecule has 0 atom stereocenters. The highest BCUT2D eigenvalue weighted by Gasteiger charge is 2.24. The molecule has 1 aliphatic carbocycles. The first-order valence-electron chi connectivity index (χ1n) is 3.32. The van der Waals surface area contributed by atoms with Crippen LogP contribution in [-0.2, 0) is 6.42 Å². The predicted molar refractivity (Wildman–Crippen MR) is 38.4 cm³/mol. The Bertz CT molecular complexity index is 231. The third kappa shape index (κ3) is 1.37. The topological polar surface area (TPSA) is 38.9 Å². The summed E-state index contributed by atoms with van der Waals surface area (Å²) in [5, 5.41) is 3.63. The van der Waals surface area contributed by atoms with Crippen LogP contribution >= 0.6 is 15.9 Å². The summed E-state index contributed by atoms with van der Waals surface area (Å²) >= 11 is 3.13. The zero-order chi connectivity index (χ0) is 6.97. The van der Waals surface area contributed by atoms with Gasteiger partial charge in [-0.15, -0.1) is 0 Å². The molecule has 0 N–H and O–H groups in total. The average molecular weight is 203 g/mol. The zero-order valence-corrected chi connectivity index (χ0v) is 6.97. The first kappa shape index (κ1) is 6.34. The van der Waals surface area contributed by atoms with E-state index in [4.69, 9.17) is 4.52 Å². The highest BCUT2D eigenvalue weighted by molar-refractivity contribution is 9.10. The molecule has 54 valence electrons. The summed E-state index contributed by atoms with van der Waals surface area (Å²) in [4.78, 5) is 4.03. The summed E-state index contributed by atoms with van der Waals surface area (Å²) in [6.07, 6.45) is 3.60. The van der Waals surface area contributed by atoms with Gasteiger partial charge in [0.2, 0.25) is 10.6 Å². The summed E-state index contributed by atoms with van der Waals surface area (Å²) in [7, 11) is 0. The van der Waals surface area contributed by atoms with Gasteiger partial charge in [0.15, 0.2) is 0 Å². The van der Waals surface area contributed by atoms with Crippen molar-refractivity contribution in [2.24, 2.45) is 5.92 Å². The van der Waals surface area contributed by atoms with Crippen molar-refractivity contribution >= 4 is 15.9 Å². The summed E-state index contributed by atoms with van der Waals surface area (Å²) < 4.78 is 5.47. The number of rotatable bonds is 2. The molecule has 1 saturated carbocycles. The van der Waals surface area contributed by atoms with Gasteiger partial charge in [-0.1, -0.05) is 0 Å². The summed E-state index contributed by atoms with van der Waals surface area (Å²) in [6, 6.07) is 0. The van der Waals surface area contributed by atoms with Crippen LogP contribution in [-0.4, -0.2) is 10.1 Å². The number of nitrogens with zero attached hydrogens (tertiary/aromatic N) is 2. The standard InChI is InChI=1S/C6H7BrN2O/c7-6-8-5(10-9-6)3-4-1-2-4/h4H,1-3H2. The van der Waals surface area contributed by atoms with Crippen LogP contribution in [0.5, 0.6) is 0 Å². The molecule has 0 radical (unpaired) electrons. The summed E-state index contributed by atoms with van der Waals surface area (Å²) in [5.41, 5.74) is 0. The molecule has 0 amide bonds. The number of halogens is 1. The molecule has 0 aliphatic heterocycles. The van der Waals surface area contributed by atoms with Crippen LogP contribution in [0.1, 0.15) is 18.7 Å². The highest BCUT2D eigenvalue weighted by atomic mass is 79.9. The maximum atomic E-state index is 4.91. The molecule has 1 aromatic rings. The van der Waals surface area contributed by atoms with Gasteiger partial charge in [0.05, 0.1) is 0 Å². The minimum absolute atomic E-state index is 0.558. The van der Waals surface area contributed by atoms with E-state index in [0.717, 1.165) is 18.2 Å². The second-order valence-electron chi connectivity index (χ2n) is 2.60. The highest BCUT2D eigenvalue weighted by Crippen LogP contribution is 2.32. The monoisotopic (exact) mass is 202 g/mol. The third-order valence-corrected chi connectivity index (χ3v) is 1.93. The Kier molecular flexibility index (Phi) is 1.48. The molecule has 4 heteroatoms. The van der Waals surface area contributed by atoms with Crippen LogP contribution in [0.4, 0.5) is 0 Å². The quantitative estimate of drug-likeness (QED) is 0.735. The molecule has 1 heterocycles. The van der Waals surface area contributed by atoms with E-state index in [1.807, 2.05) is 0 Å². The minimum Gasteiger partial charge on any atom is -0.338 e. The molecule has 0 spiro atoms. The van der Waals surface area contributed by atoms with Gasteiger partial charge in [0.1, 0.15) is 0 Å². The van der Waals surface area contributed by atoms with E-state index < -0.39 is 0 Å². The lowest BCUT2D eigenvalue weighted by molar-refractivity contribution is 0.370. The van der Waals surface area contributed by atoms with E-state index in [2.05, 4.69) is 26.1 Å². The summed E-state index contributed by atoms with van der Waals surface area (Å²) in [6.45, 7) is 0. The average Bonchev–Trinajstić information content (AvgIpc) is 2.59. The van der Waals surface area contributed by atoms with Crippen LogP contribution in [0, 0.1) is 5.92 Å². The van der Waals surface area contributed by atoms with E-state index in [1.54, 1.807) is 0 Å². The minimum atomic E-state index is 0.558. The Balaban J connectivity index is 2.03. The maximum absolute atomic E-state index is 4.91. The van der Waals surface area contributed by atoms with Gasteiger partial charge in [-0.3, -0.25) is 0 Å². The fourth-order valence-corrected chi connectivity index (χ4v) is 1.16. The first-order chi connectivity index (χ1) is 4.84. The molecule has 3 nitrogen and oxygen atoms in total. The molecule has 0 bridgehead atoms. The van der Waals surface area contributed by atoms with Gasteiger partial charge >= 0.3 is 0 Å². The van der Waals surface area contributed by atoms with Crippen molar-refractivity contribution in [2.45, 2.75) is 19.3 Å². The lowest BCUT2D eigenvalue weighted by Gasteiger charge is -1.84. The smallest absolute Gasteiger partial charge is 0.238 e. The zero-order valence-electron chi connectivity index (χ0n) is 5.38. The van der Waals surface area contributed by atoms with E-state index in [-0.39, 0.29) is 0 Å². The summed E-state index contributed by atoms with van der Waals surface area (Å²) in [5.74, 6) is 1.57. The van der Waals surface area contributed by atoms with Gasteiger partial charge in [-0.25, -0.2) is 0 Å². The Morgan fingerprint density at radius 3 is 2.90 bits per heavy atom. The number of hydrogen-bond donors (Lipinski definition) is 0. The van der Waals surface area contributed by atoms with Crippen molar-refractivity contribution in [2.75, 3.05) is 0 Å². The second-order valence-corrected chi connectivity index (χ2v) is 3.31. The largest absolute Gasteiger partial charge is 0.338 e. The van der Waals surface area contributed by atoms with Crippen LogP contribution in [0.25, 0.3) is 0 Å². The Morgan fingerprint density at radius 2 is 2.40 bits per heavy atom. The van der Waals surface area contributed by atoms with Crippen molar-refractivity contribution in [3.05, 3.63) is 10.6 Å². The Hall–Kier alpha value is -0.380. The molecule has 1 aliphatic rings. The molecule has 0 aromatic carbocycles. The van der Waals surface area contributed by atoms with Gasteiger partial charge in [0.25, 0.3) is 0 Å². The van der Waals surface area contributed by atoms with Crippen LogP contribution < -0.4 is 0 Å². The first-order valence-corrected chi connectivity index (χ1v) is 4.12. The van der Waals surface area contributed by atoms with Crippen molar-refractivity contribution in [1.29, 1.82) is 0 Å². The normalized spacial score (nSPS) is 17.7. The molecule has 1 fully saturated rings. The fourth-order valence-electron chi connectivity index (χ4n) is 0.886. The lowest BCUT2D eigenvalue weighted by Crippen LogP contribution is -1.85. The van der Waals surface area contributed by atoms with E-state index >= 15 is 0 Å². The Labute approximate surface area is 66.9 Å². The number of hydrogen-bond acceptors (Lipinski definition) is 3. The van der Waals surface area contributed by atoms with Gasteiger partial charge < -0.3 is 4.52 Å². The van der Waals surface area contributed by atoms with Crippen LogP contribution in [0.15, 0.2) is 9.26 Å². The van der Waals surface area contributed by atoms with Crippen molar-refractivity contribution < 1.29 is 4.52 Å². The Morgan fingerprint density at radius 1 is 1.60 bits per heavy atom. The van der Waals surface area contributed by atoms with E-state index in [0.29, 0.717) is 4.73 Å². The molecular weight excluding hydrogens is 196 g/mol. The van der Waals surface area contributed by atoms with Gasteiger partial charge in [0, 0.05) is 6.42 Å². The van der Waals surface area contributed by atoms with Crippen molar-refractivity contribution in [3.63, 3.8) is 0 Å². The molecular formula is C6H7BrN2O. The van der Waals surface area contributed by atoms with Crippen LogP contribution in [0.3, 0.4) is 0 Å². The molecule has 0 saturated heterocycles. The molecule has 10 heavy (non-hydrogen) atoms. The molecule has 0 unspecified atom stereocenters. The van der Waals surface area contributed by atoms with E-state index in [1.165, 1.54) is 12.8 Å². The molecule has 2 rings (SSSR count). The third-order valence-electron chi connectivity index (χ3n) is 1.60. The van der Waals surface area contributed by atoms with Gasteiger partial charge in [-0.2, -0.15) is 4.98 Å². The lowest BCUT2D eigenvalue weighted by atomic mass is 10.3. The SMILES string of the molecule is Brc1noc(CC2CC2)n1. The van der Waals surface area contributed by atoms with Crippen molar-refractivity contribution in [3.8, 4) is 0 Å². The van der Waals surface area contributed by atoms with Crippen LogP contribution in [0.2, 0.25) is 0 Å².